The van der Waals surface area contributed by atoms with Crippen molar-refractivity contribution in [2.75, 3.05) is 0 Å². The van der Waals surface area contributed by atoms with Crippen LogP contribution in [0.2, 0.25) is 0 Å². The number of carbonyl (C=O) groups excluding carboxylic acids is 1. The van der Waals surface area contributed by atoms with E-state index in [4.69, 9.17) is 0 Å². The number of benzene rings is 1. The van der Waals surface area contributed by atoms with E-state index in [0.717, 1.165) is 32.1 Å². The maximum Gasteiger partial charge on any atom is 0.223 e. The number of nitrogens with zero attached hydrogens (tertiary/aromatic N) is 1. The molecule has 0 bridgehead atoms. The van der Waals surface area contributed by atoms with E-state index < -0.39 is 0 Å². The lowest BCUT2D eigenvalue weighted by Crippen LogP contribution is -2.48. The minimum Gasteiger partial charge on any atom is -0.333 e. The molecule has 2 fully saturated rings. The highest BCUT2D eigenvalue weighted by Gasteiger charge is 2.37. The van der Waals surface area contributed by atoms with Crippen LogP contribution in [0.3, 0.4) is 0 Å². The molecule has 1 amide bonds. The Labute approximate surface area is 107 Å². The molecule has 2 nitrogen and oxygen atoms in total. The van der Waals surface area contributed by atoms with Crippen LogP contribution < -0.4 is 0 Å². The van der Waals surface area contributed by atoms with Gasteiger partial charge in [-0.05, 0) is 38.2 Å². The van der Waals surface area contributed by atoms with E-state index in [1.807, 2.05) is 17.0 Å². The summed E-state index contributed by atoms with van der Waals surface area (Å²) in [6, 6.07) is 7.17. The molecule has 0 N–H and O–H groups in total. The molecule has 2 atom stereocenters. The highest BCUT2D eigenvalue weighted by molar-refractivity contribution is 5.78. The molecule has 2 heterocycles. The summed E-state index contributed by atoms with van der Waals surface area (Å²) >= 11 is 0. The number of piperidine rings is 2. The number of fused-ring (bicyclic) bond motifs is 1. The van der Waals surface area contributed by atoms with Crippen molar-refractivity contribution in [1.29, 1.82) is 0 Å². The van der Waals surface area contributed by atoms with Crippen LogP contribution in [0.25, 0.3) is 0 Å². The summed E-state index contributed by atoms with van der Waals surface area (Å²) in [7, 11) is 0. The molecular formula is C15H18FNO. The second-order valence-corrected chi connectivity index (χ2v) is 5.32. The molecule has 0 saturated carbocycles. The van der Waals surface area contributed by atoms with Crippen LogP contribution in [0.4, 0.5) is 4.39 Å². The normalized spacial score (nSPS) is 28.1. The lowest BCUT2D eigenvalue weighted by Gasteiger charge is -2.45. The molecule has 0 spiro atoms. The van der Waals surface area contributed by atoms with Gasteiger partial charge in [0, 0.05) is 18.0 Å². The molecule has 1 aromatic carbocycles. The molecule has 0 aromatic heterocycles. The molecule has 3 heteroatoms. The zero-order valence-corrected chi connectivity index (χ0v) is 10.4. The van der Waals surface area contributed by atoms with Gasteiger partial charge in [0.25, 0.3) is 0 Å². The predicted octanol–water partition coefficient (Wildman–Crippen LogP) is 3.43. The van der Waals surface area contributed by atoms with Crippen LogP contribution in [0.5, 0.6) is 0 Å². The third kappa shape index (κ3) is 1.92. The maximum absolute atomic E-state index is 13.9. The van der Waals surface area contributed by atoms with Gasteiger partial charge in [-0.1, -0.05) is 18.2 Å². The highest BCUT2D eigenvalue weighted by Crippen LogP contribution is 2.39. The predicted molar refractivity (Wildman–Crippen MR) is 67.5 cm³/mol. The maximum atomic E-state index is 13.9. The molecule has 1 aromatic rings. The Morgan fingerprint density at radius 1 is 1.11 bits per heavy atom. The van der Waals surface area contributed by atoms with Crippen molar-refractivity contribution in [3.8, 4) is 0 Å². The minimum absolute atomic E-state index is 0.0438. The number of carbonyl (C=O) groups is 1. The Bertz CT molecular complexity index is 458. The molecule has 2 aliphatic heterocycles. The molecule has 2 aliphatic rings. The first-order valence-electron chi connectivity index (χ1n) is 6.83. The molecule has 96 valence electrons. The van der Waals surface area contributed by atoms with Gasteiger partial charge in [0.1, 0.15) is 5.82 Å². The standard InChI is InChI=1S/C15H18FNO/c16-13-8-2-1-7-12(13)14-9-3-5-11-6-4-10-15(18)17(11)14/h1-2,7-8,11,14H,3-6,9-10H2/t11-,14+/m0/s1. The first-order chi connectivity index (χ1) is 8.77. The highest BCUT2D eigenvalue weighted by atomic mass is 19.1. The summed E-state index contributed by atoms with van der Waals surface area (Å²) < 4.78 is 13.9. The van der Waals surface area contributed by atoms with Gasteiger partial charge in [-0.15, -0.1) is 0 Å². The van der Waals surface area contributed by atoms with E-state index in [0.29, 0.717) is 18.0 Å². The molecule has 3 rings (SSSR count). The Balaban J connectivity index is 1.95. The van der Waals surface area contributed by atoms with E-state index in [1.165, 1.54) is 6.07 Å². The SMILES string of the molecule is O=C1CCC[C@@H]2CCC[C@H](c3ccccc3F)N12. The van der Waals surface area contributed by atoms with Crippen LogP contribution in [-0.4, -0.2) is 16.8 Å². The fourth-order valence-corrected chi connectivity index (χ4v) is 3.41. The summed E-state index contributed by atoms with van der Waals surface area (Å²) in [6.07, 6.45) is 5.76. The van der Waals surface area contributed by atoms with Gasteiger partial charge in [0.15, 0.2) is 0 Å². The van der Waals surface area contributed by atoms with Gasteiger partial charge in [-0.25, -0.2) is 4.39 Å². The van der Waals surface area contributed by atoms with E-state index >= 15 is 0 Å². The number of rotatable bonds is 1. The van der Waals surface area contributed by atoms with Crippen molar-refractivity contribution in [3.05, 3.63) is 35.6 Å². The summed E-state index contributed by atoms with van der Waals surface area (Å²) in [4.78, 5) is 14.1. The zero-order valence-electron chi connectivity index (χ0n) is 10.4. The summed E-state index contributed by atoms with van der Waals surface area (Å²) in [6.45, 7) is 0. The number of hydrogen-bond donors (Lipinski definition) is 0. The number of halogens is 1. The van der Waals surface area contributed by atoms with E-state index in [9.17, 15) is 9.18 Å². The Morgan fingerprint density at radius 2 is 1.89 bits per heavy atom. The summed E-state index contributed by atoms with van der Waals surface area (Å²) in [5.74, 6) is 0.0285. The molecule has 2 saturated heterocycles. The first-order valence-corrected chi connectivity index (χ1v) is 6.83. The molecule has 18 heavy (non-hydrogen) atoms. The van der Waals surface area contributed by atoms with Gasteiger partial charge in [0.2, 0.25) is 5.91 Å². The van der Waals surface area contributed by atoms with Crippen molar-refractivity contribution in [2.45, 2.75) is 50.6 Å². The van der Waals surface area contributed by atoms with Gasteiger partial charge in [0.05, 0.1) is 6.04 Å². The topological polar surface area (TPSA) is 20.3 Å². The van der Waals surface area contributed by atoms with Gasteiger partial charge >= 0.3 is 0 Å². The van der Waals surface area contributed by atoms with Crippen LogP contribution >= 0.6 is 0 Å². The van der Waals surface area contributed by atoms with Crippen molar-refractivity contribution >= 4 is 5.91 Å². The average molecular weight is 247 g/mol. The van der Waals surface area contributed by atoms with Gasteiger partial charge in [-0.2, -0.15) is 0 Å². The van der Waals surface area contributed by atoms with E-state index in [-0.39, 0.29) is 17.8 Å². The molecular weight excluding hydrogens is 229 g/mol. The third-order valence-corrected chi connectivity index (χ3v) is 4.22. The largest absolute Gasteiger partial charge is 0.333 e. The van der Waals surface area contributed by atoms with Crippen molar-refractivity contribution < 1.29 is 9.18 Å². The second-order valence-electron chi connectivity index (χ2n) is 5.32. The molecule has 0 radical (unpaired) electrons. The summed E-state index contributed by atoms with van der Waals surface area (Å²) in [5.41, 5.74) is 0.692. The fraction of sp³-hybridized carbons (Fsp3) is 0.533. The van der Waals surface area contributed by atoms with Crippen molar-refractivity contribution in [3.63, 3.8) is 0 Å². The van der Waals surface area contributed by atoms with E-state index in [1.54, 1.807) is 6.07 Å². The van der Waals surface area contributed by atoms with E-state index in [2.05, 4.69) is 0 Å². The van der Waals surface area contributed by atoms with Crippen LogP contribution in [0.1, 0.15) is 50.1 Å². The number of hydrogen-bond acceptors (Lipinski definition) is 1. The van der Waals surface area contributed by atoms with Gasteiger partial charge < -0.3 is 4.90 Å². The molecule has 0 unspecified atom stereocenters. The number of amides is 1. The average Bonchev–Trinajstić information content (AvgIpc) is 2.39. The quantitative estimate of drug-likeness (QED) is 0.744. The second kappa shape index (κ2) is 4.71. The van der Waals surface area contributed by atoms with Crippen molar-refractivity contribution in [2.24, 2.45) is 0 Å². The lowest BCUT2D eigenvalue weighted by atomic mass is 9.85. The summed E-state index contributed by atoms with van der Waals surface area (Å²) in [5, 5.41) is 0. The Morgan fingerprint density at radius 3 is 2.72 bits per heavy atom. The van der Waals surface area contributed by atoms with Crippen LogP contribution in [0.15, 0.2) is 24.3 Å². The smallest absolute Gasteiger partial charge is 0.223 e. The van der Waals surface area contributed by atoms with Crippen LogP contribution in [-0.2, 0) is 4.79 Å². The van der Waals surface area contributed by atoms with Crippen LogP contribution in [0, 0.1) is 5.82 Å². The minimum atomic E-state index is -0.179. The Kier molecular flexibility index (Phi) is 3.06. The first kappa shape index (κ1) is 11.7. The van der Waals surface area contributed by atoms with Crippen molar-refractivity contribution in [1.82, 2.24) is 4.90 Å². The third-order valence-electron chi connectivity index (χ3n) is 4.22. The Hall–Kier alpha value is -1.38. The fourth-order valence-electron chi connectivity index (χ4n) is 3.41. The zero-order chi connectivity index (χ0) is 12.5. The lowest BCUT2D eigenvalue weighted by molar-refractivity contribution is -0.142. The molecule has 0 aliphatic carbocycles. The monoisotopic (exact) mass is 247 g/mol. The van der Waals surface area contributed by atoms with Gasteiger partial charge in [-0.3, -0.25) is 4.79 Å².